The van der Waals surface area contributed by atoms with E-state index in [1.165, 1.54) is 12.7 Å². The van der Waals surface area contributed by atoms with Crippen molar-refractivity contribution in [1.82, 2.24) is 5.32 Å². The van der Waals surface area contributed by atoms with Crippen LogP contribution in [-0.2, 0) is 27.2 Å². The van der Waals surface area contributed by atoms with E-state index in [0.717, 1.165) is 18.4 Å². The Balaban J connectivity index is 1.79. The minimum Gasteiger partial charge on any atom is -0.467 e. The van der Waals surface area contributed by atoms with Crippen molar-refractivity contribution in [3.8, 4) is 0 Å². The number of hydrogen-bond donors (Lipinski definition) is 1. The number of carbonyl (C=O) groups excluding carboxylic acids is 2. The van der Waals surface area contributed by atoms with Crippen molar-refractivity contribution < 1.29 is 14.3 Å². The summed E-state index contributed by atoms with van der Waals surface area (Å²) in [5.74, 6) is -0.623. The summed E-state index contributed by atoms with van der Waals surface area (Å²) in [7, 11) is 1.33. The largest absolute Gasteiger partial charge is 0.467 e. The van der Waals surface area contributed by atoms with E-state index in [2.05, 4.69) is 17.4 Å². The number of ether oxygens (including phenoxy) is 1. The van der Waals surface area contributed by atoms with Crippen LogP contribution in [0.25, 0.3) is 0 Å². The summed E-state index contributed by atoms with van der Waals surface area (Å²) in [6, 6.07) is 19.1. The summed E-state index contributed by atoms with van der Waals surface area (Å²) in [4.78, 5) is 24.1. The van der Waals surface area contributed by atoms with Gasteiger partial charge in [0.1, 0.15) is 6.04 Å². The molecule has 4 heteroatoms. The minimum atomic E-state index is -0.674. The topological polar surface area (TPSA) is 55.4 Å². The van der Waals surface area contributed by atoms with Gasteiger partial charge in [0.15, 0.2) is 0 Å². The molecule has 0 bridgehead atoms. The molecule has 1 unspecified atom stereocenters. The number of esters is 1. The van der Waals surface area contributed by atoms with Gasteiger partial charge in [0.2, 0.25) is 5.91 Å². The molecule has 0 aliphatic carbocycles. The average Bonchev–Trinajstić information content (AvgIpc) is 2.68. The van der Waals surface area contributed by atoms with Crippen molar-refractivity contribution in [2.75, 3.05) is 7.11 Å². The molecule has 0 saturated carbocycles. The zero-order valence-corrected chi connectivity index (χ0v) is 15.1. The van der Waals surface area contributed by atoms with E-state index in [0.29, 0.717) is 6.42 Å². The molecule has 2 aromatic carbocycles. The molecule has 2 aromatic rings. The van der Waals surface area contributed by atoms with Crippen LogP contribution in [-0.4, -0.2) is 25.0 Å². The van der Waals surface area contributed by atoms with Crippen molar-refractivity contribution in [1.29, 1.82) is 0 Å². The third-order valence-corrected chi connectivity index (χ3v) is 4.02. The van der Waals surface area contributed by atoms with Crippen LogP contribution in [0, 0.1) is 0 Å². The van der Waals surface area contributed by atoms with E-state index in [-0.39, 0.29) is 12.3 Å². The molecular formula is C22H25NO3. The number of rotatable bonds is 9. The van der Waals surface area contributed by atoms with Gasteiger partial charge in [-0.05, 0) is 24.0 Å². The number of benzene rings is 2. The summed E-state index contributed by atoms with van der Waals surface area (Å²) < 4.78 is 4.81. The quantitative estimate of drug-likeness (QED) is 0.556. The third-order valence-electron chi connectivity index (χ3n) is 4.02. The highest BCUT2D eigenvalue weighted by Crippen LogP contribution is 2.06. The molecule has 136 valence electrons. The Hall–Kier alpha value is -2.88. The molecule has 2 rings (SSSR count). The van der Waals surface area contributed by atoms with Crippen LogP contribution in [0.15, 0.2) is 72.8 Å². The van der Waals surface area contributed by atoms with Crippen molar-refractivity contribution in [2.45, 2.75) is 31.7 Å². The lowest BCUT2D eigenvalue weighted by molar-refractivity contribution is -0.144. The Morgan fingerprint density at radius 1 is 0.962 bits per heavy atom. The molecule has 0 aliphatic rings. The molecule has 0 heterocycles. The third kappa shape index (κ3) is 6.93. The Bertz CT molecular complexity index is 711. The highest BCUT2D eigenvalue weighted by atomic mass is 16.5. The fraction of sp³-hybridized carbons (Fsp3) is 0.273. The number of carbonyl (C=O) groups is 2. The minimum absolute atomic E-state index is 0.188. The second-order valence-corrected chi connectivity index (χ2v) is 6.03. The summed E-state index contributed by atoms with van der Waals surface area (Å²) in [6.07, 6.45) is 6.32. The fourth-order valence-corrected chi connectivity index (χ4v) is 2.64. The maximum Gasteiger partial charge on any atom is 0.328 e. The zero-order chi connectivity index (χ0) is 18.6. The van der Waals surface area contributed by atoms with Gasteiger partial charge in [-0.25, -0.2) is 4.79 Å². The lowest BCUT2D eigenvalue weighted by atomic mass is 10.1. The number of amides is 1. The molecular weight excluding hydrogens is 326 g/mol. The number of methoxy groups -OCH3 is 1. The van der Waals surface area contributed by atoms with Crippen LogP contribution >= 0.6 is 0 Å². The monoisotopic (exact) mass is 351 g/mol. The van der Waals surface area contributed by atoms with Gasteiger partial charge in [0, 0.05) is 12.8 Å². The first-order chi connectivity index (χ1) is 12.7. The van der Waals surface area contributed by atoms with E-state index in [9.17, 15) is 9.59 Å². The van der Waals surface area contributed by atoms with Crippen molar-refractivity contribution in [2.24, 2.45) is 0 Å². The number of aryl methyl sites for hydroxylation is 1. The summed E-state index contributed by atoms with van der Waals surface area (Å²) in [5.41, 5.74) is 2.25. The SMILES string of the molecule is COC(=O)C(Cc1ccccc1)NC(=O)C/C=C\CCc1ccccc1. The molecule has 0 spiro atoms. The number of allylic oxidation sites excluding steroid dienone is 1. The average molecular weight is 351 g/mol. The standard InChI is InChI=1S/C22H25NO3/c1-26-22(25)20(17-19-14-8-3-9-15-19)23-21(24)16-10-4-7-13-18-11-5-2-6-12-18/h2-6,8-12,14-15,20H,7,13,16-17H2,1H3,(H,23,24)/b10-4-. The molecule has 0 radical (unpaired) electrons. The molecule has 1 N–H and O–H groups in total. The highest BCUT2D eigenvalue weighted by Gasteiger charge is 2.21. The van der Waals surface area contributed by atoms with Gasteiger partial charge < -0.3 is 10.1 Å². The molecule has 0 fully saturated rings. The van der Waals surface area contributed by atoms with Gasteiger partial charge in [-0.3, -0.25) is 4.79 Å². The van der Waals surface area contributed by atoms with Crippen LogP contribution in [0.5, 0.6) is 0 Å². The first-order valence-corrected chi connectivity index (χ1v) is 8.79. The van der Waals surface area contributed by atoms with E-state index in [1.807, 2.05) is 60.7 Å². The van der Waals surface area contributed by atoms with Gasteiger partial charge in [-0.15, -0.1) is 0 Å². The summed E-state index contributed by atoms with van der Waals surface area (Å²) >= 11 is 0. The Morgan fingerprint density at radius 2 is 1.58 bits per heavy atom. The van der Waals surface area contributed by atoms with Crippen molar-refractivity contribution >= 4 is 11.9 Å². The van der Waals surface area contributed by atoms with Crippen LogP contribution in [0.1, 0.15) is 24.0 Å². The van der Waals surface area contributed by atoms with Gasteiger partial charge in [0.05, 0.1) is 7.11 Å². The molecule has 4 nitrogen and oxygen atoms in total. The lowest BCUT2D eigenvalue weighted by Crippen LogP contribution is -2.42. The van der Waals surface area contributed by atoms with E-state index in [4.69, 9.17) is 4.74 Å². The van der Waals surface area contributed by atoms with Gasteiger partial charge in [-0.2, -0.15) is 0 Å². The molecule has 1 amide bonds. The molecule has 0 aliphatic heterocycles. The lowest BCUT2D eigenvalue weighted by Gasteiger charge is -2.16. The maximum absolute atomic E-state index is 12.1. The number of nitrogens with one attached hydrogen (secondary N) is 1. The first-order valence-electron chi connectivity index (χ1n) is 8.79. The van der Waals surface area contributed by atoms with Crippen LogP contribution in [0.4, 0.5) is 0 Å². The predicted octanol–water partition coefficient (Wildman–Crippen LogP) is 3.47. The molecule has 0 aromatic heterocycles. The summed E-state index contributed by atoms with van der Waals surface area (Å²) in [6.45, 7) is 0. The second-order valence-electron chi connectivity index (χ2n) is 6.03. The fourth-order valence-electron chi connectivity index (χ4n) is 2.64. The zero-order valence-electron chi connectivity index (χ0n) is 15.1. The van der Waals surface area contributed by atoms with Crippen LogP contribution < -0.4 is 5.32 Å². The van der Waals surface area contributed by atoms with Gasteiger partial charge in [0.25, 0.3) is 0 Å². The Labute approximate surface area is 154 Å². The highest BCUT2D eigenvalue weighted by molar-refractivity contribution is 5.85. The van der Waals surface area contributed by atoms with Crippen molar-refractivity contribution in [3.63, 3.8) is 0 Å². The molecule has 1 atom stereocenters. The second kappa shape index (κ2) is 10.9. The van der Waals surface area contributed by atoms with Gasteiger partial charge >= 0.3 is 5.97 Å². The first kappa shape index (κ1) is 19.4. The number of hydrogen-bond acceptors (Lipinski definition) is 3. The van der Waals surface area contributed by atoms with Gasteiger partial charge in [-0.1, -0.05) is 72.8 Å². The smallest absolute Gasteiger partial charge is 0.328 e. The van der Waals surface area contributed by atoms with Crippen LogP contribution in [0.2, 0.25) is 0 Å². The van der Waals surface area contributed by atoms with E-state index < -0.39 is 12.0 Å². The predicted molar refractivity (Wildman–Crippen MR) is 103 cm³/mol. The van der Waals surface area contributed by atoms with Crippen molar-refractivity contribution in [3.05, 3.63) is 83.9 Å². The maximum atomic E-state index is 12.1. The molecule has 0 saturated heterocycles. The van der Waals surface area contributed by atoms with E-state index in [1.54, 1.807) is 0 Å². The van der Waals surface area contributed by atoms with Crippen LogP contribution in [0.3, 0.4) is 0 Å². The Morgan fingerprint density at radius 3 is 2.19 bits per heavy atom. The normalized spacial score (nSPS) is 11.9. The van der Waals surface area contributed by atoms with E-state index >= 15 is 0 Å². The Kier molecular flexibility index (Phi) is 8.13. The molecule has 26 heavy (non-hydrogen) atoms. The summed E-state index contributed by atoms with van der Waals surface area (Å²) in [5, 5.41) is 2.76.